The molecule has 0 aromatic rings. The summed E-state index contributed by atoms with van der Waals surface area (Å²) >= 11 is -2.93. The Morgan fingerprint density at radius 1 is 0.475 bits per heavy atom. The Kier molecular flexibility index (Phi) is 13.3. The zero-order chi connectivity index (χ0) is 29.0. The molecule has 4 rings (SSSR count). The quantitative estimate of drug-likeness (QED) is 0.175. The second kappa shape index (κ2) is 15.2. The van der Waals surface area contributed by atoms with E-state index in [1.54, 1.807) is 0 Å². The summed E-state index contributed by atoms with van der Waals surface area (Å²) in [6, 6.07) is 0. The third-order valence-electron chi connectivity index (χ3n) is 10.3. The number of hydrogen-bond acceptors (Lipinski definition) is 2. The Hall–Kier alpha value is 2.23. The van der Waals surface area contributed by atoms with Crippen LogP contribution in [0.4, 0.5) is 0 Å². The molecule has 0 spiro atoms. The number of hydrogen-bond donors (Lipinski definition) is 0. The molecule has 4 fully saturated rings. The first-order chi connectivity index (χ1) is 18.9. The molecule has 9 heteroatoms. The van der Waals surface area contributed by atoms with Crippen LogP contribution >= 0.6 is 31.1 Å². The molecule has 232 valence electrons. The van der Waals surface area contributed by atoms with E-state index >= 15 is 0 Å². The van der Waals surface area contributed by atoms with Crippen LogP contribution in [0.5, 0.6) is 0 Å². The molecule has 4 saturated carbocycles. The van der Waals surface area contributed by atoms with Crippen molar-refractivity contribution >= 4 is 50.3 Å². The SMILES string of the molecule is C[Si](C)(C)N=P([C](=[Zr]([Cl])[Cl])P(=N[Si](C)(C)C)(C1CCCCC1)C1CCCCC1)(C1CCCCC1)C1CCCCC1. The standard InChI is InChI=1S/C31H62N2P2Si2.2ClH.Zr/c1-36(2,3)32-34(28-19-11-7-12-20-28,29-21-13-8-14-22-29)27-35(33-37(4,5)6,30-23-15-9-16-24-30)31-25-17-10-18-26-31;;;/h28-31H,7-26H2,1-6H3;2*1H;/q;;;+2/p-2. The minimum atomic E-state index is -2.93. The molecule has 40 heavy (non-hydrogen) atoms. The van der Waals surface area contributed by atoms with Crippen LogP contribution in [0.15, 0.2) is 8.82 Å². The second-order valence-electron chi connectivity index (χ2n) is 15.8. The van der Waals surface area contributed by atoms with Crippen molar-refractivity contribution in [1.82, 2.24) is 0 Å². The van der Waals surface area contributed by atoms with Crippen LogP contribution in [0.25, 0.3) is 0 Å². The zero-order valence-electron chi connectivity index (χ0n) is 27.0. The van der Waals surface area contributed by atoms with Gasteiger partial charge in [-0.15, -0.1) is 0 Å². The summed E-state index contributed by atoms with van der Waals surface area (Å²) in [6.07, 6.45) is 28.1. The average molecular weight is 743 g/mol. The Morgan fingerprint density at radius 3 is 0.875 bits per heavy atom. The van der Waals surface area contributed by atoms with Crippen LogP contribution in [-0.2, 0) is 18.9 Å². The van der Waals surface area contributed by atoms with Crippen molar-refractivity contribution in [2.75, 3.05) is 0 Å². The fourth-order valence-electron chi connectivity index (χ4n) is 9.13. The van der Waals surface area contributed by atoms with E-state index in [1.807, 2.05) is 2.69 Å². The van der Waals surface area contributed by atoms with Crippen molar-refractivity contribution < 1.29 is 18.9 Å². The van der Waals surface area contributed by atoms with Gasteiger partial charge in [-0.25, -0.2) is 0 Å². The molecular formula is C31H62Cl2N2P2Si2Zr. The van der Waals surface area contributed by atoms with Crippen LogP contribution in [0.2, 0.25) is 39.3 Å². The molecule has 0 radical (unpaired) electrons. The van der Waals surface area contributed by atoms with Crippen LogP contribution in [-0.4, -0.2) is 41.8 Å². The molecule has 0 unspecified atom stereocenters. The molecule has 4 aliphatic carbocycles. The zero-order valence-corrected chi connectivity index (χ0v) is 34.8. The number of nitrogens with zero attached hydrogens (tertiary/aromatic N) is 2. The van der Waals surface area contributed by atoms with Gasteiger partial charge in [0.25, 0.3) is 0 Å². The van der Waals surface area contributed by atoms with Gasteiger partial charge in [-0.1, -0.05) is 0 Å². The van der Waals surface area contributed by atoms with Crippen molar-refractivity contribution in [2.24, 2.45) is 8.82 Å². The van der Waals surface area contributed by atoms with E-state index in [2.05, 4.69) is 39.3 Å². The Morgan fingerprint density at radius 2 is 0.700 bits per heavy atom. The van der Waals surface area contributed by atoms with E-state index in [0.29, 0.717) is 0 Å². The molecule has 0 aromatic heterocycles. The summed E-state index contributed by atoms with van der Waals surface area (Å²) in [5.74, 6) is 0. The van der Waals surface area contributed by atoms with Gasteiger partial charge >= 0.3 is 268 Å². The van der Waals surface area contributed by atoms with E-state index in [1.165, 1.54) is 128 Å². The summed E-state index contributed by atoms with van der Waals surface area (Å²) in [6.45, 7) is 15.3. The van der Waals surface area contributed by atoms with Crippen molar-refractivity contribution in [2.45, 2.75) is 190 Å². The van der Waals surface area contributed by atoms with E-state index in [0.717, 1.165) is 22.6 Å². The summed E-state index contributed by atoms with van der Waals surface area (Å²) in [4.78, 5) is 0. The Balaban J connectivity index is 2.14. The van der Waals surface area contributed by atoms with Gasteiger partial charge < -0.3 is 0 Å². The van der Waals surface area contributed by atoms with Gasteiger partial charge in [0, 0.05) is 0 Å². The number of halogens is 2. The Labute approximate surface area is 266 Å². The van der Waals surface area contributed by atoms with Crippen molar-refractivity contribution in [3.8, 4) is 0 Å². The third kappa shape index (κ3) is 8.33. The van der Waals surface area contributed by atoms with Crippen LogP contribution in [0, 0.1) is 0 Å². The molecule has 0 atom stereocenters. The molecule has 2 nitrogen and oxygen atoms in total. The van der Waals surface area contributed by atoms with Gasteiger partial charge in [0.2, 0.25) is 0 Å². The monoisotopic (exact) mass is 740 g/mol. The third-order valence-corrected chi connectivity index (χ3v) is 41.7. The first kappa shape index (κ1) is 35.1. The Bertz CT molecular complexity index is 860. The predicted molar refractivity (Wildman–Crippen MR) is 190 cm³/mol. The molecule has 0 heterocycles. The topological polar surface area (TPSA) is 24.7 Å². The van der Waals surface area contributed by atoms with Crippen molar-refractivity contribution in [3.05, 3.63) is 0 Å². The molecular weight excluding hydrogens is 681 g/mol. The van der Waals surface area contributed by atoms with E-state index < -0.39 is 49.5 Å². The fraction of sp³-hybridized carbons (Fsp3) is 0.968. The van der Waals surface area contributed by atoms with Crippen LogP contribution < -0.4 is 0 Å². The summed E-state index contributed by atoms with van der Waals surface area (Å²) < 4.78 is 14.8. The van der Waals surface area contributed by atoms with Crippen molar-refractivity contribution in [1.29, 1.82) is 0 Å². The normalized spacial score (nSPS) is 24.1. The maximum absolute atomic E-state index is 7.84. The molecule has 0 amide bonds. The molecule has 0 N–H and O–H groups in total. The van der Waals surface area contributed by atoms with Crippen LogP contribution in [0.1, 0.15) is 128 Å². The first-order valence-corrected chi connectivity index (χ1v) is 35.4. The van der Waals surface area contributed by atoms with Gasteiger partial charge in [-0.05, 0) is 0 Å². The molecule has 0 aliphatic heterocycles. The average Bonchev–Trinajstić information content (AvgIpc) is 2.92. The van der Waals surface area contributed by atoms with Gasteiger partial charge in [0.15, 0.2) is 0 Å². The summed E-state index contributed by atoms with van der Waals surface area (Å²) in [5.41, 5.74) is 3.07. The van der Waals surface area contributed by atoms with E-state index in [-0.39, 0.29) is 0 Å². The number of rotatable bonds is 8. The minimum absolute atomic E-state index is 0.766. The van der Waals surface area contributed by atoms with Crippen molar-refractivity contribution in [3.63, 3.8) is 0 Å². The maximum atomic E-state index is 7.84. The molecule has 0 saturated heterocycles. The van der Waals surface area contributed by atoms with Gasteiger partial charge in [0.1, 0.15) is 0 Å². The second-order valence-corrected chi connectivity index (χ2v) is 43.4. The van der Waals surface area contributed by atoms with Gasteiger partial charge in [-0.2, -0.15) is 0 Å². The van der Waals surface area contributed by atoms with E-state index in [4.69, 9.17) is 25.8 Å². The predicted octanol–water partition coefficient (Wildman–Crippen LogP) is 13.4. The van der Waals surface area contributed by atoms with Crippen LogP contribution in [0.3, 0.4) is 0 Å². The van der Waals surface area contributed by atoms with E-state index in [9.17, 15) is 0 Å². The first-order valence-electron chi connectivity index (χ1n) is 17.2. The van der Waals surface area contributed by atoms with Gasteiger partial charge in [-0.3, -0.25) is 0 Å². The summed E-state index contributed by atoms with van der Waals surface area (Å²) in [5, 5.41) is 0. The molecule has 0 aromatic carbocycles. The van der Waals surface area contributed by atoms with Gasteiger partial charge in [0.05, 0.1) is 0 Å². The fourth-order valence-corrected chi connectivity index (χ4v) is 54.2. The molecule has 0 bridgehead atoms. The summed E-state index contributed by atoms with van der Waals surface area (Å²) in [7, 11) is 8.43. The molecule has 4 aliphatic rings.